The summed E-state index contributed by atoms with van der Waals surface area (Å²) in [6.07, 6.45) is 19.2. The van der Waals surface area contributed by atoms with Crippen LogP contribution in [0.4, 0.5) is 0 Å². The first-order chi connectivity index (χ1) is 23.2. The number of carbonyl (C=O) groups excluding carboxylic acids is 1. The molecule has 9 atom stereocenters. The Morgan fingerprint density at radius 1 is 0.959 bits per heavy atom. The number of nitrogens with one attached hydrogen (secondary N) is 1. The third-order valence-electron chi connectivity index (χ3n) is 16.0. The molecule has 5 aliphatic carbocycles. The predicted molar refractivity (Wildman–Crippen MR) is 196 cm³/mol. The maximum Gasteiger partial charge on any atom is 0.335 e. The Kier molecular flexibility index (Phi) is 8.39. The van der Waals surface area contributed by atoms with Crippen molar-refractivity contribution in [2.75, 3.05) is 6.54 Å². The molecule has 0 saturated heterocycles. The summed E-state index contributed by atoms with van der Waals surface area (Å²) >= 11 is 0. The summed E-state index contributed by atoms with van der Waals surface area (Å²) in [7, 11) is 0. The fourth-order valence-electron chi connectivity index (χ4n) is 13.5. The Bertz CT molecular complexity index is 1640. The van der Waals surface area contributed by atoms with Gasteiger partial charge in [-0.05, 0) is 146 Å². The highest BCUT2D eigenvalue weighted by Crippen LogP contribution is 2.77. The van der Waals surface area contributed by atoms with Crippen molar-refractivity contribution in [1.29, 1.82) is 0 Å². The van der Waals surface area contributed by atoms with Gasteiger partial charge in [0, 0.05) is 25.5 Å². The number of aromatic nitrogens is 2. The summed E-state index contributed by atoms with van der Waals surface area (Å²) in [6.45, 7) is 21.1. The van der Waals surface area contributed by atoms with Gasteiger partial charge in [-0.15, -0.1) is 0 Å². The molecule has 264 valence electrons. The van der Waals surface area contributed by atoms with E-state index in [9.17, 15) is 14.7 Å². The second kappa shape index (κ2) is 12.0. The van der Waals surface area contributed by atoms with Crippen LogP contribution in [0.5, 0.6) is 0 Å². The molecule has 2 N–H and O–H groups in total. The number of allylic oxidation sites excluding steroid dienone is 3. The molecule has 1 heterocycles. The summed E-state index contributed by atoms with van der Waals surface area (Å²) in [5.74, 6) is 1.92. The number of hydrogen-bond acceptors (Lipinski definition) is 3. The number of rotatable bonds is 8. The third kappa shape index (κ3) is 5.04. The Morgan fingerprint density at radius 3 is 2.39 bits per heavy atom. The lowest BCUT2D eigenvalue weighted by atomic mass is 9.32. The monoisotopic (exact) mass is 665 g/mol. The first-order valence-electron chi connectivity index (χ1n) is 19.1. The van der Waals surface area contributed by atoms with Gasteiger partial charge in [-0.1, -0.05) is 65.0 Å². The molecule has 0 spiro atoms. The molecule has 9 unspecified atom stereocenters. The smallest absolute Gasteiger partial charge is 0.335 e. The van der Waals surface area contributed by atoms with Crippen molar-refractivity contribution in [3.05, 3.63) is 72.3 Å². The average molecular weight is 666 g/mol. The van der Waals surface area contributed by atoms with Crippen LogP contribution in [0.1, 0.15) is 122 Å². The second-order valence-electron chi connectivity index (χ2n) is 18.2. The topological polar surface area (TPSA) is 84.2 Å². The molecule has 1 aromatic heterocycles. The van der Waals surface area contributed by atoms with Crippen molar-refractivity contribution in [3.8, 4) is 0 Å². The molecular weight excluding hydrogens is 606 g/mol. The highest BCUT2D eigenvalue weighted by atomic mass is 16.4. The highest BCUT2D eigenvalue weighted by Gasteiger charge is 2.71. The van der Waals surface area contributed by atoms with E-state index in [-0.39, 0.29) is 27.1 Å². The lowest BCUT2D eigenvalue weighted by Crippen LogP contribution is -2.66. The van der Waals surface area contributed by atoms with Crippen LogP contribution >= 0.6 is 0 Å². The van der Waals surface area contributed by atoms with E-state index in [1.165, 1.54) is 36.8 Å². The number of amides is 1. The summed E-state index contributed by atoms with van der Waals surface area (Å²) in [4.78, 5) is 30.1. The van der Waals surface area contributed by atoms with Crippen LogP contribution in [0.15, 0.2) is 61.2 Å². The number of aromatic carboxylic acids is 1. The fraction of sp³-hybridized carbons (Fsp3) is 0.651. The fourth-order valence-corrected chi connectivity index (χ4v) is 13.5. The molecule has 4 fully saturated rings. The molecular formula is C43H59N3O3. The van der Waals surface area contributed by atoms with Crippen LogP contribution < -0.4 is 5.32 Å². The number of carboxylic acid groups (broad SMARTS) is 1. The van der Waals surface area contributed by atoms with Crippen LogP contribution in [0.25, 0.3) is 5.57 Å². The van der Waals surface area contributed by atoms with Gasteiger partial charge in [0.2, 0.25) is 5.91 Å². The molecule has 0 bridgehead atoms. The normalized spacial score (nSPS) is 39.1. The predicted octanol–water partition coefficient (Wildman–Crippen LogP) is 9.44. The number of carbonyl (C=O) groups is 2. The first kappa shape index (κ1) is 34.3. The molecule has 2 aromatic rings. The molecule has 5 aliphatic rings. The van der Waals surface area contributed by atoms with Gasteiger partial charge in [0.1, 0.15) is 0 Å². The Balaban J connectivity index is 1.16. The van der Waals surface area contributed by atoms with E-state index in [2.05, 4.69) is 69.1 Å². The molecule has 7 rings (SSSR count). The van der Waals surface area contributed by atoms with E-state index < -0.39 is 5.97 Å². The minimum absolute atomic E-state index is 0.00893. The zero-order valence-electron chi connectivity index (χ0n) is 30.9. The maximum atomic E-state index is 14.4. The molecule has 1 amide bonds. The van der Waals surface area contributed by atoms with Crippen LogP contribution in [0.3, 0.4) is 0 Å². The number of imidazole rings is 1. The minimum Gasteiger partial charge on any atom is -0.478 e. The van der Waals surface area contributed by atoms with Gasteiger partial charge in [0.05, 0.1) is 17.3 Å². The maximum absolute atomic E-state index is 14.4. The van der Waals surface area contributed by atoms with E-state index in [4.69, 9.17) is 0 Å². The minimum atomic E-state index is -0.874. The number of fused-ring (bicyclic) bond motifs is 7. The van der Waals surface area contributed by atoms with Crippen LogP contribution in [0, 0.1) is 56.7 Å². The Hall–Kier alpha value is -3.15. The standard InChI is InChI=1S/C43H59N3O3/c1-28(2)31-15-20-43(38(49)45-23-8-25-46-26-24-44-27-46)22-21-41(6)33(36(31)43)13-14-35-40(5)18-16-32(29-9-11-30(12-10-29)37(47)48)39(3,4)34(40)17-19-42(35,41)7/h9-12,16,24,26-27,31,33-36H,1,8,13-15,17-23,25H2,2-7H3,(H,45,49)(H,47,48). The number of hydrogen-bond donors (Lipinski definition) is 2. The number of nitrogens with zero attached hydrogens (tertiary/aromatic N) is 2. The van der Waals surface area contributed by atoms with Crippen LogP contribution in [0.2, 0.25) is 0 Å². The zero-order chi connectivity index (χ0) is 35.0. The van der Waals surface area contributed by atoms with Crippen molar-refractivity contribution >= 4 is 17.4 Å². The highest BCUT2D eigenvalue weighted by molar-refractivity contribution is 5.88. The molecule has 6 nitrogen and oxygen atoms in total. The molecule has 4 saturated carbocycles. The van der Waals surface area contributed by atoms with Gasteiger partial charge in [0.25, 0.3) is 0 Å². The SMILES string of the molecule is C=C(C)C1CCC2(C(=O)NCCCn3ccnc3)CCC3(C)C(CCC4C5(C)CC=C(c6ccc(C(=O)O)cc6)C(C)(C)C5CCC43C)C12. The molecule has 0 radical (unpaired) electrons. The summed E-state index contributed by atoms with van der Waals surface area (Å²) in [5, 5.41) is 12.9. The lowest BCUT2D eigenvalue weighted by Gasteiger charge is -2.72. The van der Waals surface area contributed by atoms with E-state index in [0.29, 0.717) is 47.6 Å². The van der Waals surface area contributed by atoms with E-state index in [1.807, 2.05) is 30.9 Å². The lowest BCUT2D eigenvalue weighted by molar-refractivity contribution is -0.225. The molecule has 6 heteroatoms. The van der Waals surface area contributed by atoms with Crippen molar-refractivity contribution in [1.82, 2.24) is 14.9 Å². The van der Waals surface area contributed by atoms with Crippen molar-refractivity contribution in [2.45, 2.75) is 112 Å². The van der Waals surface area contributed by atoms with Crippen LogP contribution in [-0.2, 0) is 11.3 Å². The van der Waals surface area contributed by atoms with E-state index >= 15 is 0 Å². The van der Waals surface area contributed by atoms with E-state index in [1.54, 1.807) is 12.1 Å². The van der Waals surface area contributed by atoms with Crippen molar-refractivity contribution in [2.24, 2.45) is 56.7 Å². The van der Waals surface area contributed by atoms with Gasteiger partial charge in [-0.25, -0.2) is 9.78 Å². The third-order valence-corrected chi connectivity index (χ3v) is 16.0. The summed E-state index contributed by atoms with van der Waals surface area (Å²) in [5.41, 5.74) is 4.45. The van der Waals surface area contributed by atoms with Gasteiger partial charge in [-0.2, -0.15) is 0 Å². The molecule has 1 aromatic carbocycles. The van der Waals surface area contributed by atoms with Gasteiger partial charge in [0.15, 0.2) is 0 Å². The average Bonchev–Trinajstić information content (AvgIpc) is 3.72. The Morgan fingerprint density at radius 2 is 1.71 bits per heavy atom. The second-order valence-corrected chi connectivity index (χ2v) is 18.2. The number of carboxylic acids is 1. The van der Waals surface area contributed by atoms with Crippen molar-refractivity contribution < 1.29 is 14.7 Å². The van der Waals surface area contributed by atoms with Gasteiger partial charge >= 0.3 is 5.97 Å². The molecule has 49 heavy (non-hydrogen) atoms. The number of aryl methyl sites for hydroxylation is 1. The summed E-state index contributed by atoms with van der Waals surface area (Å²) in [6, 6.07) is 7.55. The van der Waals surface area contributed by atoms with Gasteiger partial charge < -0.3 is 15.0 Å². The molecule has 0 aliphatic heterocycles. The summed E-state index contributed by atoms with van der Waals surface area (Å²) < 4.78 is 2.09. The van der Waals surface area contributed by atoms with Gasteiger partial charge in [-0.3, -0.25) is 4.79 Å². The van der Waals surface area contributed by atoms with E-state index in [0.717, 1.165) is 50.6 Å². The largest absolute Gasteiger partial charge is 0.478 e. The quantitative estimate of drug-likeness (QED) is 0.217. The number of benzene rings is 1. The van der Waals surface area contributed by atoms with Crippen molar-refractivity contribution in [3.63, 3.8) is 0 Å². The van der Waals surface area contributed by atoms with Crippen LogP contribution in [-0.4, -0.2) is 33.1 Å². The zero-order valence-corrected chi connectivity index (χ0v) is 30.9. The first-order valence-corrected chi connectivity index (χ1v) is 19.1. The Labute approximate surface area is 294 Å².